The molecule has 0 amide bonds. The van der Waals surface area contributed by atoms with Gasteiger partial charge in [-0.3, -0.25) is 9.80 Å². The first-order valence-electron chi connectivity index (χ1n) is 18.4. The Morgan fingerprint density at radius 3 is 1.45 bits per heavy atom. The molecule has 0 aromatic carbocycles. The predicted molar refractivity (Wildman–Crippen MR) is 191 cm³/mol. The summed E-state index contributed by atoms with van der Waals surface area (Å²) in [7, 11) is 4.03. The molecule has 0 saturated carbocycles. The van der Waals surface area contributed by atoms with E-state index in [9.17, 15) is 10.2 Å². The van der Waals surface area contributed by atoms with Crippen LogP contribution in [0, 0.1) is 0 Å². The molecular formula is C35H73N3O2S2. The van der Waals surface area contributed by atoms with Crippen LogP contribution in [-0.4, -0.2) is 108 Å². The van der Waals surface area contributed by atoms with Gasteiger partial charge in [-0.1, -0.05) is 145 Å². The lowest BCUT2D eigenvalue weighted by Crippen LogP contribution is -2.46. The van der Waals surface area contributed by atoms with Crippen LogP contribution in [0.25, 0.3) is 0 Å². The number of hydrogen-bond acceptors (Lipinski definition) is 7. The van der Waals surface area contributed by atoms with Gasteiger partial charge in [-0.05, 0) is 32.4 Å². The maximum absolute atomic E-state index is 10.8. The molecule has 1 aliphatic rings. The van der Waals surface area contributed by atoms with Gasteiger partial charge in [0.25, 0.3) is 0 Å². The van der Waals surface area contributed by atoms with Crippen LogP contribution < -0.4 is 0 Å². The third kappa shape index (κ3) is 24.8. The molecule has 1 rings (SSSR count). The summed E-state index contributed by atoms with van der Waals surface area (Å²) in [6.07, 6.45) is 23.3. The maximum atomic E-state index is 10.8. The Morgan fingerprint density at radius 1 is 0.548 bits per heavy atom. The highest BCUT2D eigenvalue weighted by atomic mass is 33.1. The molecule has 2 unspecified atom stereocenters. The Hall–Kier alpha value is 0.500. The van der Waals surface area contributed by atoms with Crippen LogP contribution in [0.5, 0.6) is 0 Å². The fraction of sp³-hybridized carbons (Fsp3) is 1.00. The third-order valence-corrected chi connectivity index (χ3v) is 11.4. The number of hydrogen-bond donors (Lipinski definition) is 2. The van der Waals surface area contributed by atoms with E-state index < -0.39 is 0 Å². The molecule has 2 atom stereocenters. The molecule has 1 fully saturated rings. The van der Waals surface area contributed by atoms with Crippen molar-refractivity contribution >= 4 is 21.6 Å². The van der Waals surface area contributed by atoms with E-state index in [0.717, 1.165) is 44.4 Å². The molecule has 0 spiro atoms. The number of rotatable bonds is 31. The summed E-state index contributed by atoms with van der Waals surface area (Å²) in [5.74, 6) is 2.35. The van der Waals surface area contributed by atoms with E-state index in [-0.39, 0.29) is 12.2 Å². The van der Waals surface area contributed by atoms with E-state index in [0.29, 0.717) is 13.1 Å². The van der Waals surface area contributed by atoms with E-state index in [2.05, 4.69) is 35.5 Å². The van der Waals surface area contributed by atoms with Crippen molar-refractivity contribution in [3.05, 3.63) is 0 Å². The molecule has 0 aromatic rings. The molecule has 0 bridgehead atoms. The Kier molecular flexibility index (Phi) is 29.1. The minimum Gasteiger partial charge on any atom is -0.392 e. The number of aliphatic hydroxyl groups excluding tert-OH is 2. The molecule has 0 aliphatic carbocycles. The second kappa shape index (κ2) is 30.2. The summed E-state index contributed by atoms with van der Waals surface area (Å²) in [5.41, 5.74) is 0. The van der Waals surface area contributed by atoms with Crippen molar-refractivity contribution in [1.82, 2.24) is 14.7 Å². The summed E-state index contributed by atoms with van der Waals surface area (Å²) in [4.78, 5) is 7.52. The number of likely N-dealkylation sites (N-methyl/N-ethyl adjacent to an activating group) is 1. The molecule has 5 nitrogen and oxygen atoms in total. The number of aliphatic hydroxyl groups is 2. The summed E-state index contributed by atoms with van der Waals surface area (Å²) in [5, 5.41) is 21.7. The molecule has 42 heavy (non-hydrogen) atoms. The highest BCUT2D eigenvalue weighted by molar-refractivity contribution is 8.76. The number of nitrogens with zero attached hydrogens (tertiary/aromatic N) is 3. The molecule has 1 saturated heterocycles. The topological polar surface area (TPSA) is 50.2 Å². The molecular weight excluding hydrogens is 559 g/mol. The minimum atomic E-state index is -0.268. The highest BCUT2D eigenvalue weighted by Gasteiger charge is 2.17. The lowest BCUT2D eigenvalue weighted by Gasteiger charge is -2.33. The number of piperazine rings is 1. The van der Waals surface area contributed by atoms with Gasteiger partial charge in [0.15, 0.2) is 0 Å². The van der Waals surface area contributed by atoms with E-state index in [1.165, 1.54) is 135 Å². The van der Waals surface area contributed by atoms with E-state index in [1.54, 1.807) is 0 Å². The Bertz CT molecular complexity index is 524. The average molecular weight is 632 g/mol. The quantitative estimate of drug-likeness (QED) is 0.0588. The zero-order valence-electron chi connectivity index (χ0n) is 28.4. The molecule has 2 N–H and O–H groups in total. The summed E-state index contributed by atoms with van der Waals surface area (Å²) in [6.45, 7) is 16.5. The van der Waals surface area contributed by atoms with Gasteiger partial charge in [-0.25, -0.2) is 0 Å². The van der Waals surface area contributed by atoms with E-state index in [1.807, 2.05) is 21.6 Å². The molecule has 1 heterocycles. The summed E-state index contributed by atoms with van der Waals surface area (Å²) < 4.78 is 0. The average Bonchev–Trinajstić information content (AvgIpc) is 2.99. The Balaban J connectivity index is 2.25. The Morgan fingerprint density at radius 2 is 0.976 bits per heavy atom. The van der Waals surface area contributed by atoms with Gasteiger partial charge >= 0.3 is 0 Å². The van der Waals surface area contributed by atoms with Crippen LogP contribution in [0.1, 0.15) is 143 Å². The molecule has 0 aromatic heterocycles. The van der Waals surface area contributed by atoms with Crippen molar-refractivity contribution in [1.29, 1.82) is 0 Å². The van der Waals surface area contributed by atoms with Gasteiger partial charge in [0.05, 0.1) is 12.2 Å². The van der Waals surface area contributed by atoms with Crippen LogP contribution in [0.4, 0.5) is 0 Å². The fourth-order valence-electron chi connectivity index (χ4n) is 6.02. The zero-order valence-corrected chi connectivity index (χ0v) is 30.1. The SMILES string of the molecule is CCCCCCCCCCC(O)CN(CCCSSCCN1CCN(CC)CC1)CC(O)CCCCCCCCCC. The van der Waals surface area contributed by atoms with Crippen LogP contribution in [0.15, 0.2) is 0 Å². The van der Waals surface area contributed by atoms with Crippen LogP contribution >= 0.6 is 21.6 Å². The molecule has 0 radical (unpaired) electrons. The largest absolute Gasteiger partial charge is 0.392 e. The highest BCUT2D eigenvalue weighted by Crippen LogP contribution is 2.22. The van der Waals surface area contributed by atoms with E-state index >= 15 is 0 Å². The van der Waals surface area contributed by atoms with Gasteiger partial charge in [0, 0.05) is 57.3 Å². The third-order valence-electron chi connectivity index (χ3n) is 8.91. The summed E-state index contributed by atoms with van der Waals surface area (Å²) >= 11 is 0. The van der Waals surface area contributed by atoms with Gasteiger partial charge in [-0.2, -0.15) is 0 Å². The lowest BCUT2D eigenvalue weighted by molar-refractivity contribution is 0.0607. The van der Waals surface area contributed by atoms with Crippen molar-refractivity contribution in [3.63, 3.8) is 0 Å². The lowest BCUT2D eigenvalue weighted by atomic mass is 10.0. The zero-order chi connectivity index (χ0) is 30.5. The molecule has 1 aliphatic heterocycles. The van der Waals surface area contributed by atoms with Crippen molar-refractivity contribution in [3.8, 4) is 0 Å². The van der Waals surface area contributed by atoms with Gasteiger partial charge in [-0.15, -0.1) is 0 Å². The normalized spacial score (nSPS) is 16.4. The fourth-order valence-corrected chi connectivity index (χ4v) is 8.12. The van der Waals surface area contributed by atoms with Crippen molar-refractivity contribution < 1.29 is 10.2 Å². The second-order valence-electron chi connectivity index (χ2n) is 12.9. The summed E-state index contributed by atoms with van der Waals surface area (Å²) in [6, 6.07) is 0. The standard InChI is InChI=1S/C35H73N3O2S2/c1-4-7-9-11-13-15-17-19-22-34(39)32-38(33-35(40)23-20-18-16-14-12-10-8-5-2)24-21-30-41-42-31-29-37-27-25-36(6-3)26-28-37/h34-35,39-40H,4-33H2,1-3H3. The van der Waals surface area contributed by atoms with Crippen LogP contribution in [0.2, 0.25) is 0 Å². The molecule has 7 heteroatoms. The first kappa shape index (κ1) is 40.5. The van der Waals surface area contributed by atoms with Crippen molar-refractivity contribution in [2.75, 3.05) is 70.4 Å². The maximum Gasteiger partial charge on any atom is 0.0667 e. The van der Waals surface area contributed by atoms with Crippen LogP contribution in [0.3, 0.4) is 0 Å². The van der Waals surface area contributed by atoms with Gasteiger partial charge in [0.1, 0.15) is 0 Å². The van der Waals surface area contributed by atoms with Gasteiger partial charge in [0.2, 0.25) is 0 Å². The van der Waals surface area contributed by atoms with E-state index in [4.69, 9.17) is 0 Å². The monoisotopic (exact) mass is 632 g/mol. The van der Waals surface area contributed by atoms with Crippen molar-refractivity contribution in [2.24, 2.45) is 0 Å². The first-order chi connectivity index (χ1) is 20.6. The van der Waals surface area contributed by atoms with Crippen LogP contribution in [-0.2, 0) is 0 Å². The molecule has 252 valence electrons. The minimum absolute atomic E-state index is 0.268. The second-order valence-corrected chi connectivity index (χ2v) is 15.6. The number of unbranched alkanes of at least 4 members (excludes halogenated alkanes) is 14. The first-order valence-corrected chi connectivity index (χ1v) is 20.8. The van der Waals surface area contributed by atoms with Gasteiger partial charge < -0.3 is 15.1 Å². The van der Waals surface area contributed by atoms with Crippen molar-refractivity contribution in [2.45, 2.75) is 155 Å². The Labute approximate surface area is 271 Å². The smallest absolute Gasteiger partial charge is 0.0667 e. The predicted octanol–water partition coefficient (Wildman–Crippen LogP) is 8.48.